The van der Waals surface area contributed by atoms with E-state index in [0.717, 1.165) is 24.3 Å². The Balaban J connectivity index is 1.48. The summed E-state index contributed by atoms with van der Waals surface area (Å²) in [6.07, 6.45) is 0. The zero-order valence-corrected chi connectivity index (χ0v) is 30.5. The zero-order chi connectivity index (χ0) is 37.2. The fraction of sp³-hybridized carbons (Fsp3) is 0. The molecule has 6 aromatic carbocycles. The van der Waals surface area contributed by atoms with Crippen molar-refractivity contribution in [2.75, 3.05) is 5.73 Å². The Kier molecular flexibility index (Phi) is 9.13. The predicted molar refractivity (Wildman–Crippen MR) is 187 cm³/mol. The first kappa shape index (κ1) is 36.2. The second-order valence-corrected chi connectivity index (χ2v) is 16.5. The first-order chi connectivity index (χ1) is 23.7. The molecule has 0 spiro atoms. The van der Waals surface area contributed by atoms with Crippen LogP contribution in [-0.4, -0.2) is 49.1 Å². The molecule has 0 aromatic heterocycles. The fourth-order valence-electron chi connectivity index (χ4n) is 5.12. The van der Waals surface area contributed by atoms with Gasteiger partial charge >= 0.3 is 0 Å². The van der Waals surface area contributed by atoms with E-state index in [-0.39, 0.29) is 48.5 Å². The van der Waals surface area contributed by atoms with Crippen molar-refractivity contribution < 1.29 is 49.1 Å². The Hall–Kier alpha value is -4.61. The van der Waals surface area contributed by atoms with E-state index in [4.69, 9.17) is 5.73 Å². The van der Waals surface area contributed by atoms with Crippen LogP contribution in [0.15, 0.2) is 117 Å². The van der Waals surface area contributed by atoms with Crippen molar-refractivity contribution in [3.8, 4) is 11.5 Å². The molecule has 0 aliphatic rings. The van der Waals surface area contributed by atoms with Crippen molar-refractivity contribution in [2.24, 2.45) is 20.5 Å². The molecular formula is C30H16Br2N5O11S3-3. The number of nitrogen functional groups attached to an aromatic ring is 1. The van der Waals surface area contributed by atoms with Crippen LogP contribution in [0.2, 0.25) is 0 Å². The SMILES string of the molecule is Nc1ccc2c(O)c(N=Nc3ccc4c(O)c(N=Nc5c(Br)cc(Br)c6ccc(S(=O)(=O)[O-])cc56)c(S(=O)(=O)[O-])cc4c3)c(S(=O)(=O)[O-])cc2c1. The number of nitrogens with zero attached hydrogens (tertiary/aromatic N) is 4. The molecule has 51 heavy (non-hydrogen) atoms. The first-order valence-electron chi connectivity index (χ1n) is 13.7. The average molecular weight is 878 g/mol. The van der Waals surface area contributed by atoms with Crippen LogP contribution in [0, 0.1) is 0 Å². The van der Waals surface area contributed by atoms with E-state index in [1.165, 1.54) is 48.5 Å². The molecule has 6 rings (SSSR count). The lowest BCUT2D eigenvalue weighted by molar-refractivity contribution is 0.457. The number of aromatic hydroxyl groups is 2. The summed E-state index contributed by atoms with van der Waals surface area (Å²) in [7, 11) is -15.4. The van der Waals surface area contributed by atoms with E-state index in [9.17, 15) is 49.1 Å². The topological polar surface area (TPSA) is 288 Å². The number of benzene rings is 6. The van der Waals surface area contributed by atoms with Gasteiger partial charge in [-0.15, -0.1) is 15.3 Å². The van der Waals surface area contributed by atoms with Gasteiger partial charge in [0.25, 0.3) is 0 Å². The quantitative estimate of drug-likeness (QED) is 0.0815. The molecule has 21 heteroatoms. The maximum Gasteiger partial charge on any atom is 0.152 e. The smallest absolute Gasteiger partial charge is 0.152 e. The standard InChI is InChI=1S/C30H19Br2N5O11S3/c31-22-12-23(32)26(21-11-17(49(40,41)42)3-6-20(21)22)35-37-28-25(51(46,47)48)10-14-8-16(2-5-19(14)30(28)39)34-36-27-24(50(43,44)45)9-13-7-15(33)1-4-18(13)29(27)38/h1-12,38-39H,33H2,(H,40,41,42)(H,43,44,45)(H,46,47,48)/p-3. The molecule has 0 heterocycles. The molecule has 0 aliphatic carbocycles. The number of halogens is 2. The first-order valence-corrected chi connectivity index (χ1v) is 19.5. The van der Waals surface area contributed by atoms with E-state index >= 15 is 0 Å². The van der Waals surface area contributed by atoms with Gasteiger partial charge in [0.1, 0.15) is 47.4 Å². The third-order valence-electron chi connectivity index (χ3n) is 7.44. The van der Waals surface area contributed by atoms with Gasteiger partial charge in [0.2, 0.25) is 0 Å². The molecule has 0 amide bonds. The summed E-state index contributed by atoms with van der Waals surface area (Å²) in [5.74, 6) is -1.49. The summed E-state index contributed by atoms with van der Waals surface area (Å²) in [6.45, 7) is 0. The Bertz CT molecular complexity index is 2900. The van der Waals surface area contributed by atoms with Gasteiger partial charge in [-0.3, -0.25) is 0 Å². The molecule has 0 radical (unpaired) electrons. The van der Waals surface area contributed by atoms with E-state index in [1.54, 1.807) is 0 Å². The van der Waals surface area contributed by atoms with E-state index in [0.29, 0.717) is 9.86 Å². The molecule has 0 bridgehead atoms. The summed E-state index contributed by atoms with van der Waals surface area (Å²) in [4.78, 5) is -2.50. The maximum atomic E-state index is 12.4. The van der Waals surface area contributed by atoms with E-state index in [1.807, 2.05) is 0 Å². The van der Waals surface area contributed by atoms with Crippen molar-refractivity contribution in [3.63, 3.8) is 0 Å². The molecule has 262 valence electrons. The summed E-state index contributed by atoms with van der Waals surface area (Å²) < 4.78 is 109. The number of hydrogen-bond acceptors (Lipinski definition) is 16. The van der Waals surface area contributed by atoms with Crippen molar-refractivity contribution in [1.82, 2.24) is 0 Å². The van der Waals surface area contributed by atoms with Crippen LogP contribution in [-0.2, 0) is 30.4 Å². The van der Waals surface area contributed by atoms with E-state index < -0.39 is 67.9 Å². The molecule has 4 N–H and O–H groups in total. The molecule has 0 unspecified atom stereocenters. The number of phenolic OH excluding ortho intramolecular Hbond substituents is 2. The Labute approximate surface area is 304 Å². The van der Waals surface area contributed by atoms with Crippen molar-refractivity contribution in [1.29, 1.82) is 0 Å². The molecular weight excluding hydrogens is 862 g/mol. The average Bonchev–Trinajstić information content (AvgIpc) is 3.03. The third-order valence-corrected chi connectivity index (χ3v) is 11.2. The van der Waals surface area contributed by atoms with Crippen molar-refractivity contribution >= 4 is 123 Å². The van der Waals surface area contributed by atoms with Crippen LogP contribution in [0.3, 0.4) is 0 Å². The van der Waals surface area contributed by atoms with Crippen LogP contribution in [0.5, 0.6) is 11.5 Å². The van der Waals surface area contributed by atoms with Crippen molar-refractivity contribution in [3.05, 3.63) is 81.7 Å². The Morgan fingerprint density at radius 3 is 1.61 bits per heavy atom. The number of fused-ring (bicyclic) bond motifs is 3. The summed E-state index contributed by atoms with van der Waals surface area (Å²) in [6, 6.07) is 14.6. The normalized spacial score (nSPS) is 13.0. The number of rotatable bonds is 7. The lowest BCUT2D eigenvalue weighted by Gasteiger charge is -2.14. The second-order valence-electron chi connectivity index (χ2n) is 10.7. The minimum Gasteiger partial charge on any atom is -0.744 e. The number of nitrogens with two attached hydrogens (primary N) is 1. The van der Waals surface area contributed by atoms with Gasteiger partial charge in [0.15, 0.2) is 11.5 Å². The number of phenols is 2. The van der Waals surface area contributed by atoms with Gasteiger partial charge in [-0.2, -0.15) is 5.11 Å². The highest BCUT2D eigenvalue weighted by Gasteiger charge is 2.21. The second kappa shape index (κ2) is 12.9. The summed E-state index contributed by atoms with van der Waals surface area (Å²) in [5.41, 5.74) is 4.34. The minimum atomic E-state index is -5.36. The summed E-state index contributed by atoms with van der Waals surface area (Å²) in [5, 5.41) is 38.1. The largest absolute Gasteiger partial charge is 0.744 e. The third kappa shape index (κ3) is 7.01. The van der Waals surface area contributed by atoms with Crippen LogP contribution in [0.4, 0.5) is 28.4 Å². The lowest BCUT2D eigenvalue weighted by atomic mass is 10.1. The molecule has 6 aromatic rings. The number of hydrogen-bond donors (Lipinski definition) is 3. The lowest BCUT2D eigenvalue weighted by Crippen LogP contribution is -2.00. The summed E-state index contributed by atoms with van der Waals surface area (Å²) >= 11 is 6.59. The van der Waals surface area contributed by atoms with Crippen LogP contribution in [0.25, 0.3) is 32.3 Å². The highest BCUT2D eigenvalue weighted by molar-refractivity contribution is 9.11. The molecule has 0 atom stereocenters. The molecule has 0 saturated heterocycles. The number of anilines is 1. The van der Waals surface area contributed by atoms with Gasteiger partial charge < -0.3 is 29.6 Å². The van der Waals surface area contributed by atoms with Crippen molar-refractivity contribution in [2.45, 2.75) is 14.7 Å². The van der Waals surface area contributed by atoms with Crippen LogP contribution < -0.4 is 5.73 Å². The monoisotopic (exact) mass is 876 g/mol. The highest BCUT2D eigenvalue weighted by atomic mass is 79.9. The van der Waals surface area contributed by atoms with Gasteiger partial charge in [-0.25, -0.2) is 25.3 Å². The molecule has 0 aliphatic heterocycles. The zero-order valence-electron chi connectivity index (χ0n) is 24.8. The Morgan fingerprint density at radius 2 is 1.04 bits per heavy atom. The highest BCUT2D eigenvalue weighted by Crippen LogP contribution is 2.46. The molecule has 16 nitrogen and oxygen atoms in total. The van der Waals surface area contributed by atoms with Gasteiger partial charge in [-0.05, 0) is 98.8 Å². The predicted octanol–water partition coefficient (Wildman–Crippen LogP) is 7.21. The van der Waals surface area contributed by atoms with Gasteiger partial charge in [0, 0.05) is 30.8 Å². The molecule has 0 saturated carbocycles. The maximum absolute atomic E-state index is 12.4. The van der Waals surface area contributed by atoms with Crippen LogP contribution in [0.1, 0.15) is 0 Å². The van der Waals surface area contributed by atoms with E-state index in [2.05, 4.69) is 52.3 Å². The van der Waals surface area contributed by atoms with Crippen LogP contribution >= 0.6 is 31.9 Å². The van der Waals surface area contributed by atoms with Gasteiger partial charge in [-0.1, -0.05) is 22.0 Å². The minimum absolute atomic E-state index is 0.0521. The fourth-order valence-corrected chi connectivity index (χ4v) is 8.32. The number of azo groups is 2. The Morgan fingerprint density at radius 1 is 0.529 bits per heavy atom. The van der Waals surface area contributed by atoms with Gasteiger partial charge in [0.05, 0.1) is 20.4 Å². The molecule has 0 fully saturated rings.